The molecule has 2 heterocycles. The Morgan fingerprint density at radius 2 is 2.31 bits per heavy atom. The smallest absolute Gasteiger partial charge is 0.342 e. The Bertz CT molecular complexity index is 449. The zero-order valence-corrected chi connectivity index (χ0v) is 9.60. The molecule has 1 unspecified atom stereocenters. The summed E-state index contributed by atoms with van der Waals surface area (Å²) in [5.74, 6) is 1.37. The van der Waals surface area contributed by atoms with Crippen molar-refractivity contribution in [3.05, 3.63) is 20.8 Å². The fraction of sp³-hybridized carbons (Fsp3) is 0.667. The summed E-state index contributed by atoms with van der Waals surface area (Å²) < 4.78 is 0. The molecule has 0 amide bonds. The van der Waals surface area contributed by atoms with Crippen LogP contribution in [0.3, 0.4) is 0 Å². The maximum absolute atomic E-state index is 11.3. The Morgan fingerprint density at radius 3 is 3.00 bits per heavy atom. The van der Waals surface area contributed by atoms with Gasteiger partial charge < -0.3 is 5.32 Å². The van der Waals surface area contributed by atoms with E-state index in [-0.39, 0.29) is 5.82 Å². The lowest BCUT2D eigenvalue weighted by atomic mass is 10.2. The molecule has 2 rings (SSSR count). The van der Waals surface area contributed by atoms with Crippen LogP contribution in [0.5, 0.6) is 0 Å². The number of rotatable bonds is 3. The summed E-state index contributed by atoms with van der Waals surface area (Å²) in [5, 5.41) is 9.35. The molecule has 1 aliphatic rings. The maximum atomic E-state index is 11.3. The van der Waals surface area contributed by atoms with Crippen LogP contribution in [-0.4, -0.2) is 32.7 Å². The number of anilines is 1. The number of hydrogen-bond donors (Lipinski definition) is 3. The molecule has 1 atom stereocenters. The van der Waals surface area contributed by atoms with E-state index in [0.717, 1.165) is 0 Å². The van der Waals surface area contributed by atoms with E-state index in [1.54, 1.807) is 0 Å². The van der Waals surface area contributed by atoms with E-state index in [2.05, 4.69) is 20.5 Å². The van der Waals surface area contributed by atoms with E-state index in [9.17, 15) is 9.59 Å². The molecular formula is C9H14N4O2S. The summed E-state index contributed by atoms with van der Waals surface area (Å²) in [5.41, 5.74) is -1.05. The molecule has 1 aromatic heterocycles. The highest BCUT2D eigenvalue weighted by Gasteiger charge is 2.14. The number of H-pyrrole nitrogens is 2. The molecule has 1 fully saturated rings. The van der Waals surface area contributed by atoms with Gasteiger partial charge >= 0.3 is 5.69 Å². The molecule has 0 bridgehead atoms. The molecule has 0 aromatic carbocycles. The van der Waals surface area contributed by atoms with Crippen molar-refractivity contribution < 1.29 is 0 Å². The first-order chi connectivity index (χ1) is 7.75. The quantitative estimate of drug-likeness (QED) is 0.702. The van der Waals surface area contributed by atoms with E-state index >= 15 is 0 Å². The molecule has 7 heteroatoms. The minimum Gasteiger partial charge on any atom is -0.363 e. The maximum Gasteiger partial charge on any atom is 0.342 e. The van der Waals surface area contributed by atoms with Gasteiger partial charge in [0.1, 0.15) is 0 Å². The van der Waals surface area contributed by atoms with Gasteiger partial charge in [-0.25, -0.2) is 9.89 Å². The zero-order chi connectivity index (χ0) is 11.4. The summed E-state index contributed by atoms with van der Waals surface area (Å²) in [4.78, 5) is 24.2. The number of hydrogen-bond acceptors (Lipinski definition) is 5. The van der Waals surface area contributed by atoms with Crippen LogP contribution in [0.4, 0.5) is 5.82 Å². The Labute approximate surface area is 96.2 Å². The number of aromatic nitrogens is 3. The minimum absolute atomic E-state index is 0.186. The average Bonchev–Trinajstić information content (AvgIpc) is 2.29. The van der Waals surface area contributed by atoms with Gasteiger partial charge in [0.05, 0.1) is 0 Å². The molecule has 1 aromatic rings. The Balaban J connectivity index is 1.93. The van der Waals surface area contributed by atoms with E-state index in [4.69, 9.17) is 0 Å². The van der Waals surface area contributed by atoms with E-state index in [1.165, 1.54) is 25.0 Å². The largest absolute Gasteiger partial charge is 0.363 e. The van der Waals surface area contributed by atoms with Crippen LogP contribution in [0.15, 0.2) is 9.59 Å². The predicted molar refractivity (Wildman–Crippen MR) is 64.1 cm³/mol. The monoisotopic (exact) mass is 242 g/mol. The van der Waals surface area contributed by atoms with Gasteiger partial charge in [-0.05, 0) is 18.6 Å². The van der Waals surface area contributed by atoms with E-state index in [0.29, 0.717) is 11.8 Å². The standard InChI is InChI=1S/C9H14N4O2S/c14-8-7(12-13-9(15)11-8)10-5-6-3-1-2-4-16-6/h6H,1-5H2,(H,10,12)(H2,11,13,14,15). The van der Waals surface area contributed by atoms with Crippen molar-refractivity contribution >= 4 is 17.6 Å². The Hall–Kier alpha value is -1.24. The molecule has 16 heavy (non-hydrogen) atoms. The zero-order valence-electron chi connectivity index (χ0n) is 8.78. The van der Waals surface area contributed by atoms with Crippen LogP contribution >= 0.6 is 11.8 Å². The van der Waals surface area contributed by atoms with E-state index < -0.39 is 11.2 Å². The number of nitrogens with zero attached hydrogens (tertiary/aromatic N) is 1. The fourth-order valence-corrected chi connectivity index (χ4v) is 2.89. The van der Waals surface area contributed by atoms with Gasteiger partial charge in [0.2, 0.25) is 5.82 Å². The van der Waals surface area contributed by atoms with Crippen LogP contribution in [0.25, 0.3) is 0 Å². The summed E-state index contributed by atoms with van der Waals surface area (Å²) >= 11 is 1.92. The Morgan fingerprint density at radius 1 is 1.44 bits per heavy atom. The lowest BCUT2D eigenvalue weighted by molar-refractivity contribution is 0.675. The van der Waals surface area contributed by atoms with Gasteiger partial charge in [-0.1, -0.05) is 6.42 Å². The van der Waals surface area contributed by atoms with Crippen LogP contribution < -0.4 is 16.6 Å². The second kappa shape index (κ2) is 5.20. The highest BCUT2D eigenvalue weighted by Crippen LogP contribution is 2.24. The van der Waals surface area contributed by atoms with Crippen LogP contribution in [-0.2, 0) is 0 Å². The molecule has 0 aliphatic carbocycles. The molecular weight excluding hydrogens is 228 g/mol. The van der Waals surface area contributed by atoms with Crippen molar-refractivity contribution in [1.82, 2.24) is 15.2 Å². The van der Waals surface area contributed by atoms with Crippen molar-refractivity contribution in [2.24, 2.45) is 0 Å². The molecule has 6 nitrogen and oxygen atoms in total. The van der Waals surface area contributed by atoms with Gasteiger partial charge in [-0.2, -0.15) is 11.8 Å². The van der Waals surface area contributed by atoms with Crippen LogP contribution in [0.1, 0.15) is 19.3 Å². The van der Waals surface area contributed by atoms with Gasteiger partial charge in [0, 0.05) is 11.8 Å². The average molecular weight is 242 g/mol. The second-order valence-electron chi connectivity index (χ2n) is 3.72. The molecule has 0 radical (unpaired) electrons. The van der Waals surface area contributed by atoms with Crippen molar-refractivity contribution in [1.29, 1.82) is 0 Å². The molecule has 0 spiro atoms. The van der Waals surface area contributed by atoms with Crippen molar-refractivity contribution in [3.63, 3.8) is 0 Å². The van der Waals surface area contributed by atoms with Crippen LogP contribution in [0, 0.1) is 0 Å². The predicted octanol–water partition coefficient (Wildman–Crippen LogP) is 0.156. The summed E-state index contributed by atoms with van der Waals surface area (Å²) in [6, 6.07) is 0. The minimum atomic E-state index is -0.581. The van der Waals surface area contributed by atoms with Gasteiger partial charge in [0.25, 0.3) is 5.56 Å². The lowest BCUT2D eigenvalue weighted by Crippen LogP contribution is -2.29. The van der Waals surface area contributed by atoms with Gasteiger partial charge in [-0.3, -0.25) is 9.78 Å². The highest BCUT2D eigenvalue weighted by molar-refractivity contribution is 7.99. The molecule has 1 aliphatic heterocycles. The summed E-state index contributed by atoms with van der Waals surface area (Å²) in [6.07, 6.45) is 3.69. The summed E-state index contributed by atoms with van der Waals surface area (Å²) in [6.45, 7) is 0.715. The third-order valence-electron chi connectivity index (χ3n) is 2.48. The molecule has 0 saturated carbocycles. The first-order valence-corrected chi connectivity index (χ1v) is 6.35. The van der Waals surface area contributed by atoms with Crippen molar-refractivity contribution in [2.75, 3.05) is 17.6 Å². The van der Waals surface area contributed by atoms with E-state index in [1.807, 2.05) is 11.8 Å². The number of thioether (sulfide) groups is 1. The first-order valence-electron chi connectivity index (χ1n) is 5.30. The summed E-state index contributed by atoms with van der Waals surface area (Å²) in [7, 11) is 0. The highest BCUT2D eigenvalue weighted by atomic mass is 32.2. The molecule has 3 N–H and O–H groups in total. The molecule has 88 valence electrons. The SMILES string of the molecule is O=c1[nH]nc(NCC2CCCCS2)c(=O)[nH]1. The molecule has 1 saturated heterocycles. The lowest BCUT2D eigenvalue weighted by Gasteiger charge is -2.21. The van der Waals surface area contributed by atoms with Gasteiger partial charge in [0.15, 0.2) is 0 Å². The first kappa shape index (κ1) is 11.3. The normalized spacial score (nSPS) is 20.6. The van der Waals surface area contributed by atoms with Crippen molar-refractivity contribution in [3.8, 4) is 0 Å². The number of aromatic amines is 2. The topological polar surface area (TPSA) is 90.6 Å². The third-order valence-corrected chi connectivity index (χ3v) is 3.88. The number of nitrogens with one attached hydrogen (secondary N) is 3. The second-order valence-corrected chi connectivity index (χ2v) is 5.13. The fourth-order valence-electron chi connectivity index (χ4n) is 1.65. The third kappa shape index (κ3) is 2.88. The Kier molecular flexibility index (Phi) is 3.66. The van der Waals surface area contributed by atoms with Crippen molar-refractivity contribution in [2.45, 2.75) is 24.5 Å². The van der Waals surface area contributed by atoms with Gasteiger partial charge in [-0.15, -0.1) is 5.10 Å². The van der Waals surface area contributed by atoms with Crippen LogP contribution in [0.2, 0.25) is 0 Å².